The molecule has 0 saturated heterocycles. The van der Waals surface area contributed by atoms with Gasteiger partial charge in [0.1, 0.15) is 0 Å². The van der Waals surface area contributed by atoms with E-state index in [0.29, 0.717) is 0 Å². The van der Waals surface area contributed by atoms with Crippen LogP contribution in [-0.2, 0) is 9.59 Å². The van der Waals surface area contributed by atoms with Gasteiger partial charge in [-0.1, -0.05) is 0 Å². The number of hydrogen-bond acceptors (Lipinski definition) is 5. The highest BCUT2D eigenvalue weighted by atomic mass is 16.2. The fourth-order valence-electron chi connectivity index (χ4n) is 1.51. The number of likely N-dealkylation sites (N-methyl/N-ethyl adjacent to an activating group) is 1. The lowest BCUT2D eigenvalue weighted by Crippen LogP contribution is -2.46. The van der Waals surface area contributed by atoms with Gasteiger partial charge in [0.2, 0.25) is 17.8 Å². The van der Waals surface area contributed by atoms with Crippen molar-refractivity contribution in [3.63, 3.8) is 0 Å². The van der Waals surface area contributed by atoms with E-state index >= 15 is 0 Å². The third-order valence-electron chi connectivity index (χ3n) is 2.68. The summed E-state index contributed by atoms with van der Waals surface area (Å²) in [5.41, 5.74) is 0. The van der Waals surface area contributed by atoms with Gasteiger partial charge in [-0.05, 0) is 33.9 Å². The summed E-state index contributed by atoms with van der Waals surface area (Å²) in [5, 5.41) is 5.38. The van der Waals surface area contributed by atoms with E-state index in [-0.39, 0.29) is 30.3 Å². The van der Waals surface area contributed by atoms with Gasteiger partial charge in [0.15, 0.2) is 0 Å². The van der Waals surface area contributed by atoms with Crippen LogP contribution in [0.3, 0.4) is 0 Å². The van der Waals surface area contributed by atoms with E-state index in [9.17, 15) is 9.59 Å². The maximum Gasteiger partial charge on any atom is 0.243 e. The summed E-state index contributed by atoms with van der Waals surface area (Å²) < 4.78 is 0. The second-order valence-corrected chi connectivity index (χ2v) is 4.87. The molecule has 0 radical (unpaired) electrons. The summed E-state index contributed by atoms with van der Waals surface area (Å²) in [4.78, 5) is 33.1. The molecule has 1 rings (SSSR count). The van der Waals surface area contributed by atoms with Crippen molar-refractivity contribution in [1.29, 1.82) is 0 Å². The second-order valence-electron chi connectivity index (χ2n) is 4.87. The van der Waals surface area contributed by atoms with Gasteiger partial charge in [0.05, 0.1) is 12.6 Å². The molecule has 0 aromatic carbocycles. The average molecular weight is 279 g/mol. The third kappa shape index (κ3) is 5.31. The quantitative estimate of drug-likeness (QED) is 0.780. The van der Waals surface area contributed by atoms with Crippen molar-refractivity contribution in [3.8, 4) is 0 Å². The third-order valence-corrected chi connectivity index (χ3v) is 2.68. The van der Waals surface area contributed by atoms with E-state index < -0.39 is 6.04 Å². The fraction of sp³-hybridized carbons (Fsp3) is 0.538. The average Bonchev–Trinajstić information content (AvgIpc) is 2.37. The monoisotopic (exact) mass is 279 g/mol. The van der Waals surface area contributed by atoms with Crippen LogP contribution in [0, 0.1) is 0 Å². The highest BCUT2D eigenvalue weighted by Gasteiger charge is 2.20. The van der Waals surface area contributed by atoms with Gasteiger partial charge >= 0.3 is 0 Å². The van der Waals surface area contributed by atoms with Crippen LogP contribution in [0.5, 0.6) is 0 Å². The first kappa shape index (κ1) is 16.0. The maximum absolute atomic E-state index is 12.0. The van der Waals surface area contributed by atoms with Crippen molar-refractivity contribution in [2.45, 2.75) is 32.9 Å². The molecule has 2 amide bonds. The van der Waals surface area contributed by atoms with Gasteiger partial charge in [-0.3, -0.25) is 19.8 Å². The van der Waals surface area contributed by atoms with Crippen molar-refractivity contribution in [2.24, 2.45) is 0 Å². The normalized spacial score (nSPS) is 12.3. The molecule has 0 aliphatic heterocycles. The number of hydrogen-bond donors (Lipinski definition) is 2. The predicted octanol–water partition coefficient (Wildman–Crippen LogP) is 0.260. The summed E-state index contributed by atoms with van der Waals surface area (Å²) in [6, 6.07) is 1.29. The number of carbonyl (C=O) groups excluding carboxylic acids is 2. The molecule has 0 bridgehead atoms. The smallest absolute Gasteiger partial charge is 0.243 e. The SMILES string of the molecule is CC(C)NC(=O)CN(C)C(C)C(=O)Nc1ncccn1. The first-order chi connectivity index (χ1) is 9.40. The molecule has 1 heterocycles. The van der Waals surface area contributed by atoms with Crippen LogP contribution in [0.15, 0.2) is 18.5 Å². The van der Waals surface area contributed by atoms with Crippen molar-refractivity contribution in [3.05, 3.63) is 18.5 Å². The Morgan fingerprint density at radius 2 is 1.85 bits per heavy atom. The van der Waals surface area contributed by atoms with E-state index in [4.69, 9.17) is 0 Å². The molecule has 110 valence electrons. The summed E-state index contributed by atoms with van der Waals surface area (Å²) in [5.74, 6) is -0.112. The molecule has 0 aliphatic carbocycles. The minimum Gasteiger partial charge on any atom is -0.353 e. The second kappa shape index (κ2) is 7.54. The van der Waals surface area contributed by atoms with E-state index in [0.717, 1.165) is 0 Å². The van der Waals surface area contributed by atoms with Crippen LogP contribution < -0.4 is 10.6 Å². The summed E-state index contributed by atoms with van der Waals surface area (Å²) in [6.07, 6.45) is 3.10. The standard InChI is InChI=1S/C13H21N5O2/c1-9(2)16-11(19)8-18(4)10(3)12(20)17-13-14-6-5-7-15-13/h5-7,9-10H,8H2,1-4H3,(H,16,19)(H,14,15,17,20). The number of rotatable bonds is 6. The number of anilines is 1. The van der Waals surface area contributed by atoms with Crippen molar-refractivity contribution in [2.75, 3.05) is 18.9 Å². The Kier molecular flexibility index (Phi) is 6.05. The summed E-state index contributed by atoms with van der Waals surface area (Å²) >= 11 is 0. The largest absolute Gasteiger partial charge is 0.353 e. The molecule has 1 atom stereocenters. The molecule has 0 saturated carbocycles. The highest BCUT2D eigenvalue weighted by Crippen LogP contribution is 2.01. The molecule has 0 spiro atoms. The Balaban J connectivity index is 2.49. The van der Waals surface area contributed by atoms with Crippen LogP contribution in [0.25, 0.3) is 0 Å². The van der Waals surface area contributed by atoms with E-state index in [1.807, 2.05) is 13.8 Å². The van der Waals surface area contributed by atoms with Crippen LogP contribution in [0.4, 0.5) is 5.95 Å². The molecule has 2 N–H and O–H groups in total. The lowest BCUT2D eigenvalue weighted by Gasteiger charge is -2.23. The Morgan fingerprint density at radius 3 is 2.40 bits per heavy atom. The number of aromatic nitrogens is 2. The molecule has 0 fully saturated rings. The van der Waals surface area contributed by atoms with Gasteiger partial charge in [-0.2, -0.15) is 0 Å². The Labute approximate surface area is 118 Å². The minimum absolute atomic E-state index is 0.0813. The van der Waals surface area contributed by atoms with Crippen LogP contribution in [0.1, 0.15) is 20.8 Å². The highest BCUT2D eigenvalue weighted by molar-refractivity contribution is 5.93. The molecule has 1 aromatic rings. The summed E-state index contributed by atoms with van der Waals surface area (Å²) in [7, 11) is 1.72. The molecule has 7 nitrogen and oxygen atoms in total. The Morgan fingerprint density at radius 1 is 1.25 bits per heavy atom. The van der Waals surface area contributed by atoms with E-state index in [1.165, 1.54) is 0 Å². The first-order valence-electron chi connectivity index (χ1n) is 6.47. The number of nitrogens with zero attached hydrogens (tertiary/aromatic N) is 3. The van der Waals surface area contributed by atoms with Gasteiger partial charge in [-0.15, -0.1) is 0 Å². The maximum atomic E-state index is 12.0. The number of amides is 2. The molecule has 1 aromatic heterocycles. The van der Waals surface area contributed by atoms with Crippen molar-refractivity contribution < 1.29 is 9.59 Å². The van der Waals surface area contributed by atoms with Gasteiger partial charge < -0.3 is 5.32 Å². The zero-order valence-electron chi connectivity index (χ0n) is 12.3. The van der Waals surface area contributed by atoms with E-state index in [2.05, 4.69) is 20.6 Å². The lowest BCUT2D eigenvalue weighted by atomic mass is 10.2. The molecule has 7 heteroatoms. The first-order valence-corrected chi connectivity index (χ1v) is 6.47. The van der Waals surface area contributed by atoms with Crippen LogP contribution in [-0.4, -0.2) is 52.4 Å². The van der Waals surface area contributed by atoms with E-state index in [1.54, 1.807) is 37.3 Å². The molecule has 20 heavy (non-hydrogen) atoms. The fourth-order valence-corrected chi connectivity index (χ4v) is 1.51. The van der Waals surface area contributed by atoms with Crippen LogP contribution in [0.2, 0.25) is 0 Å². The lowest BCUT2D eigenvalue weighted by molar-refractivity contribution is -0.125. The summed E-state index contributed by atoms with van der Waals surface area (Å²) in [6.45, 7) is 5.66. The topological polar surface area (TPSA) is 87.2 Å². The van der Waals surface area contributed by atoms with Gasteiger partial charge in [-0.25, -0.2) is 9.97 Å². The molecular weight excluding hydrogens is 258 g/mol. The van der Waals surface area contributed by atoms with Crippen molar-refractivity contribution in [1.82, 2.24) is 20.2 Å². The zero-order chi connectivity index (χ0) is 15.1. The number of carbonyl (C=O) groups is 2. The molecule has 0 aliphatic rings. The Hall–Kier alpha value is -2.02. The number of nitrogens with one attached hydrogen (secondary N) is 2. The molecular formula is C13H21N5O2. The minimum atomic E-state index is -0.461. The molecule has 1 unspecified atom stereocenters. The van der Waals surface area contributed by atoms with Gasteiger partial charge in [0, 0.05) is 18.4 Å². The predicted molar refractivity (Wildman–Crippen MR) is 76.0 cm³/mol. The zero-order valence-corrected chi connectivity index (χ0v) is 12.3. The van der Waals surface area contributed by atoms with Crippen LogP contribution >= 0.6 is 0 Å². The van der Waals surface area contributed by atoms with Crippen molar-refractivity contribution >= 4 is 17.8 Å². The Bertz CT molecular complexity index is 449. The van der Waals surface area contributed by atoms with Gasteiger partial charge in [0.25, 0.3) is 0 Å².